The van der Waals surface area contributed by atoms with Crippen molar-refractivity contribution in [2.75, 3.05) is 13.2 Å². The summed E-state index contributed by atoms with van der Waals surface area (Å²) in [4.78, 5) is 25.9. The standard InChI is InChI=1S/C28H30O6/c1-2-19-14-21-25(16-24(19)34-27(29)11-8-18-6-3-4-7-18)33-17-22(28(21)30)20-9-10-23-26(15-20)32-13-5-12-31-23/h9-10,14-18H,2-8,11-13H2,1H3. The average molecular weight is 463 g/mol. The molecule has 0 amide bonds. The first-order chi connectivity index (χ1) is 16.6. The van der Waals surface area contributed by atoms with Crippen molar-refractivity contribution in [3.63, 3.8) is 0 Å². The first-order valence-corrected chi connectivity index (χ1v) is 12.3. The molecule has 1 saturated carbocycles. The Hall–Kier alpha value is -3.28. The van der Waals surface area contributed by atoms with E-state index in [1.54, 1.807) is 12.1 Å². The van der Waals surface area contributed by atoms with Crippen molar-refractivity contribution in [3.8, 4) is 28.4 Å². The van der Waals surface area contributed by atoms with Crippen LogP contribution in [-0.4, -0.2) is 19.2 Å². The molecule has 0 N–H and O–H groups in total. The van der Waals surface area contributed by atoms with Gasteiger partial charge in [-0.15, -0.1) is 0 Å². The van der Waals surface area contributed by atoms with Gasteiger partial charge in [0.25, 0.3) is 0 Å². The topological polar surface area (TPSA) is 75.0 Å². The van der Waals surface area contributed by atoms with Gasteiger partial charge in [-0.1, -0.05) is 38.7 Å². The fourth-order valence-electron chi connectivity index (χ4n) is 4.90. The third-order valence-corrected chi connectivity index (χ3v) is 6.85. The molecule has 2 heterocycles. The van der Waals surface area contributed by atoms with Crippen LogP contribution in [0.5, 0.6) is 17.2 Å². The van der Waals surface area contributed by atoms with Gasteiger partial charge < -0.3 is 18.6 Å². The molecule has 0 saturated heterocycles. The second-order valence-corrected chi connectivity index (χ2v) is 9.16. The lowest BCUT2D eigenvalue weighted by atomic mass is 10.0. The van der Waals surface area contributed by atoms with E-state index in [1.165, 1.54) is 31.9 Å². The molecular weight excluding hydrogens is 432 g/mol. The maximum Gasteiger partial charge on any atom is 0.311 e. The van der Waals surface area contributed by atoms with E-state index in [9.17, 15) is 9.59 Å². The molecule has 2 aliphatic rings. The largest absolute Gasteiger partial charge is 0.490 e. The third-order valence-electron chi connectivity index (χ3n) is 6.85. The van der Waals surface area contributed by atoms with E-state index in [0.717, 1.165) is 18.4 Å². The Kier molecular flexibility index (Phi) is 6.57. The number of hydrogen-bond donors (Lipinski definition) is 0. The highest BCUT2D eigenvalue weighted by Gasteiger charge is 2.19. The molecule has 0 atom stereocenters. The highest BCUT2D eigenvalue weighted by Crippen LogP contribution is 2.35. The summed E-state index contributed by atoms with van der Waals surface area (Å²) in [6.07, 6.45) is 9.14. The van der Waals surface area contributed by atoms with Crippen molar-refractivity contribution >= 4 is 16.9 Å². The first-order valence-electron chi connectivity index (χ1n) is 12.3. The Morgan fingerprint density at radius 2 is 1.82 bits per heavy atom. The highest BCUT2D eigenvalue weighted by atomic mass is 16.5. The molecule has 0 spiro atoms. The molecule has 5 rings (SSSR count). The second kappa shape index (κ2) is 9.92. The minimum atomic E-state index is -0.230. The molecule has 0 bridgehead atoms. The quantitative estimate of drug-likeness (QED) is 0.327. The number of ether oxygens (including phenoxy) is 3. The second-order valence-electron chi connectivity index (χ2n) is 9.16. The van der Waals surface area contributed by atoms with Gasteiger partial charge in [0.05, 0.1) is 24.2 Å². The summed E-state index contributed by atoms with van der Waals surface area (Å²) in [5.74, 6) is 2.18. The van der Waals surface area contributed by atoms with Crippen LogP contribution in [0.1, 0.15) is 57.4 Å². The number of benzene rings is 2. The molecule has 3 aromatic rings. The van der Waals surface area contributed by atoms with Crippen LogP contribution in [0, 0.1) is 5.92 Å². The zero-order valence-electron chi connectivity index (χ0n) is 19.6. The third kappa shape index (κ3) is 4.67. The van der Waals surface area contributed by atoms with Crippen molar-refractivity contribution in [1.82, 2.24) is 0 Å². The SMILES string of the molecule is CCc1cc2c(=O)c(-c3ccc4c(c3)OCCCO4)coc2cc1OC(=O)CCC1CCCC1. The van der Waals surface area contributed by atoms with Crippen LogP contribution in [0.2, 0.25) is 0 Å². The molecule has 6 heteroatoms. The lowest BCUT2D eigenvalue weighted by molar-refractivity contribution is -0.134. The van der Waals surface area contributed by atoms with Crippen LogP contribution in [0.4, 0.5) is 0 Å². The van der Waals surface area contributed by atoms with Crippen molar-refractivity contribution in [1.29, 1.82) is 0 Å². The Morgan fingerprint density at radius 3 is 2.62 bits per heavy atom. The Balaban J connectivity index is 1.42. The highest BCUT2D eigenvalue weighted by molar-refractivity contribution is 5.85. The summed E-state index contributed by atoms with van der Waals surface area (Å²) in [5, 5.41) is 0.465. The molecule has 1 aliphatic heterocycles. The van der Waals surface area contributed by atoms with Crippen LogP contribution in [0.25, 0.3) is 22.1 Å². The molecule has 34 heavy (non-hydrogen) atoms. The molecule has 178 valence electrons. The zero-order chi connectivity index (χ0) is 23.5. The molecule has 0 radical (unpaired) electrons. The summed E-state index contributed by atoms with van der Waals surface area (Å²) in [6.45, 7) is 3.16. The normalized spacial score (nSPS) is 15.9. The maximum atomic E-state index is 13.4. The van der Waals surface area contributed by atoms with Gasteiger partial charge in [-0.3, -0.25) is 9.59 Å². The lowest BCUT2D eigenvalue weighted by Gasteiger charge is -2.12. The summed E-state index contributed by atoms with van der Waals surface area (Å²) >= 11 is 0. The maximum absolute atomic E-state index is 13.4. The van der Waals surface area contributed by atoms with Gasteiger partial charge >= 0.3 is 5.97 Å². The molecule has 1 aromatic heterocycles. The lowest BCUT2D eigenvalue weighted by Crippen LogP contribution is -2.12. The summed E-state index contributed by atoms with van der Waals surface area (Å²) in [7, 11) is 0. The fraction of sp³-hybridized carbons (Fsp3) is 0.429. The van der Waals surface area contributed by atoms with Crippen LogP contribution >= 0.6 is 0 Å². The molecule has 1 aliphatic carbocycles. The molecule has 0 unspecified atom stereocenters. The van der Waals surface area contributed by atoms with Crippen LogP contribution in [0.15, 0.2) is 45.8 Å². The average Bonchev–Trinajstić information content (AvgIpc) is 3.26. The summed E-state index contributed by atoms with van der Waals surface area (Å²) in [5.41, 5.74) is 2.24. The first kappa shape index (κ1) is 22.5. The number of aryl methyl sites for hydroxylation is 1. The van der Waals surface area contributed by atoms with E-state index in [0.29, 0.717) is 71.3 Å². The Labute approximate surface area is 198 Å². The number of carbonyl (C=O) groups excluding carboxylic acids is 1. The van der Waals surface area contributed by atoms with Gasteiger partial charge in [0.2, 0.25) is 5.43 Å². The molecule has 2 aromatic carbocycles. The number of fused-ring (bicyclic) bond motifs is 2. The molecule has 6 nitrogen and oxygen atoms in total. The van der Waals surface area contributed by atoms with Gasteiger partial charge in [0.15, 0.2) is 11.5 Å². The molecular formula is C28H30O6. The summed E-state index contributed by atoms with van der Waals surface area (Å²) in [6, 6.07) is 8.94. The van der Waals surface area contributed by atoms with Crippen molar-refractivity contribution in [2.24, 2.45) is 5.92 Å². The number of rotatable bonds is 6. The van der Waals surface area contributed by atoms with E-state index < -0.39 is 0 Å². The van der Waals surface area contributed by atoms with Gasteiger partial charge in [0.1, 0.15) is 17.6 Å². The van der Waals surface area contributed by atoms with Crippen molar-refractivity contribution in [3.05, 3.63) is 52.4 Å². The predicted molar refractivity (Wildman–Crippen MR) is 130 cm³/mol. The molecule has 1 fully saturated rings. The number of esters is 1. The van der Waals surface area contributed by atoms with Crippen LogP contribution in [-0.2, 0) is 11.2 Å². The van der Waals surface area contributed by atoms with E-state index >= 15 is 0 Å². The van der Waals surface area contributed by atoms with Crippen molar-refractivity contribution < 1.29 is 23.4 Å². The fourth-order valence-corrected chi connectivity index (χ4v) is 4.90. The Bertz CT molecular complexity index is 1250. The number of hydrogen-bond acceptors (Lipinski definition) is 6. The predicted octanol–water partition coefficient (Wildman–Crippen LogP) is 6.06. The zero-order valence-corrected chi connectivity index (χ0v) is 19.6. The Morgan fingerprint density at radius 1 is 1.03 bits per heavy atom. The van der Waals surface area contributed by atoms with E-state index in [4.69, 9.17) is 18.6 Å². The van der Waals surface area contributed by atoms with E-state index in [2.05, 4.69) is 0 Å². The minimum Gasteiger partial charge on any atom is -0.490 e. The van der Waals surface area contributed by atoms with E-state index in [-0.39, 0.29) is 11.4 Å². The number of carbonyl (C=O) groups is 1. The smallest absolute Gasteiger partial charge is 0.311 e. The van der Waals surface area contributed by atoms with Crippen LogP contribution < -0.4 is 19.6 Å². The van der Waals surface area contributed by atoms with Gasteiger partial charge in [-0.05, 0) is 48.1 Å². The van der Waals surface area contributed by atoms with Gasteiger partial charge in [-0.2, -0.15) is 0 Å². The summed E-state index contributed by atoms with van der Waals surface area (Å²) < 4.78 is 23.0. The van der Waals surface area contributed by atoms with Gasteiger partial charge in [0, 0.05) is 18.9 Å². The van der Waals surface area contributed by atoms with Crippen LogP contribution in [0.3, 0.4) is 0 Å². The van der Waals surface area contributed by atoms with Gasteiger partial charge in [-0.25, -0.2) is 0 Å². The van der Waals surface area contributed by atoms with E-state index in [1.807, 2.05) is 25.1 Å². The van der Waals surface area contributed by atoms with Crippen molar-refractivity contribution in [2.45, 2.75) is 58.3 Å². The minimum absolute atomic E-state index is 0.135. The monoisotopic (exact) mass is 462 g/mol.